The first-order chi connectivity index (χ1) is 5.07. The van der Waals surface area contributed by atoms with E-state index in [2.05, 4.69) is 11.3 Å². The molecule has 4 heteroatoms. The number of carbonyl (C=O) groups is 2. The predicted octanol–water partition coefficient (Wildman–Crippen LogP) is 0.198. The highest BCUT2D eigenvalue weighted by Crippen LogP contribution is 1.91. The molecule has 0 bridgehead atoms. The first kappa shape index (κ1) is 9.37. The van der Waals surface area contributed by atoms with Gasteiger partial charge in [0.2, 0.25) is 0 Å². The van der Waals surface area contributed by atoms with E-state index in [4.69, 9.17) is 5.26 Å². The van der Waals surface area contributed by atoms with E-state index in [0.29, 0.717) is 0 Å². The first-order valence-electron chi connectivity index (χ1n) is 2.83. The number of hydrogen-bond donors (Lipinski definition) is 0. The zero-order valence-electron chi connectivity index (χ0n) is 6.09. The van der Waals surface area contributed by atoms with Gasteiger partial charge in [-0.1, -0.05) is 6.58 Å². The molecule has 4 nitrogen and oxygen atoms in total. The monoisotopic (exact) mass is 153 g/mol. The summed E-state index contributed by atoms with van der Waals surface area (Å²) in [7, 11) is 0. The Bertz CT molecular complexity index is 237. The molecule has 0 atom stereocenters. The Morgan fingerprint density at radius 3 is 2.55 bits per heavy atom. The molecule has 0 saturated heterocycles. The van der Waals surface area contributed by atoms with Gasteiger partial charge in [0.25, 0.3) is 0 Å². The quantitative estimate of drug-likeness (QED) is 0.330. The summed E-state index contributed by atoms with van der Waals surface area (Å²) in [4.78, 5) is 20.9. The van der Waals surface area contributed by atoms with E-state index in [1.54, 1.807) is 0 Å². The Morgan fingerprint density at radius 2 is 2.18 bits per heavy atom. The molecule has 0 aliphatic rings. The maximum atomic E-state index is 10.6. The average molecular weight is 153 g/mol. The molecule has 11 heavy (non-hydrogen) atoms. The molecule has 0 saturated carbocycles. The van der Waals surface area contributed by atoms with Crippen LogP contribution in [0.5, 0.6) is 0 Å². The minimum Gasteiger partial charge on any atom is -0.454 e. The molecular weight excluding hydrogens is 146 g/mol. The summed E-state index contributed by atoms with van der Waals surface area (Å²) in [5, 5.41) is 8.14. The van der Waals surface area contributed by atoms with Gasteiger partial charge in [0, 0.05) is 0 Å². The van der Waals surface area contributed by atoms with Crippen molar-refractivity contribution < 1.29 is 14.3 Å². The third-order valence-electron chi connectivity index (χ3n) is 0.788. The summed E-state index contributed by atoms with van der Waals surface area (Å²) in [5.74, 6) is -1.12. The van der Waals surface area contributed by atoms with E-state index in [0.717, 1.165) is 0 Å². The number of nitrogens with zero attached hydrogens (tertiary/aromatic N) is 1. The van der Waals surface area contributed by atoms with E-state index < -0.39 is 5.97 Å². The fourth-order valence-corrected chi connectivity index (χ4v) is 0.300. The average Bonchev–Trinajstić information content (AvgIpc) is 1.98. The summed E-state index contributed by atoms with van der Waals surface area (Å²) in [6.45, 7) is 4.08. The maximum Gasteiger partial charge on any atom is 0.348 e. The first-order valence-corrected chi connectivity index (χ1v) is 2.83. The van der Waals surface area contributed by atoms with Crippen LogP contribution in [0.25, 0.3) is 0 Å². The second-order valence-electron chi connectivity index (χ2n) is 1.87. The molecule has 0 aromatic rings. The lowest BCUT2D eigenvalue weighted by Gasteiger charge is -1.97. The summed E-state index contributed by atoms with van der Waals surface area (Å²) in [6.07, 6.45) is 0. The van der Waals surface area contributed by atoms with Crippen LogP contribution in [0.15, 0.2) is 12.2 Å². The highest BCUT2D eigenvalue weighted by atomic mass is 16.5. The van der Waals surface area contributed by atoms with E-state index in [1.807, 2.05) is 0 Å². The van der Waals surface area contributed by atoms with E-state index in [1.165, 1.54) is 13.0 Å². The van der Waals surface area contributed by atoms with Crippen LogP contribution in [-0.4, -0.2) is 18.4 Å². The molecule has 0 aromatic heterocycles. The van der Waals surface area contributed by atoms with Crippen LogP contribution in [0.2, 0.25) is 0 Å². The van der Waals surface area contributed by atoms with Crippen LogP contribution in [0.3, 0.4) is 0 Å². The van der Waals surface area contributed by atoms with Crippen LogP contribution in [0.4, 0.5) is 0 Å². The molecule has 0 aromatic carbocycles. The van der Waals surface area contributed by atoms with Crippen molar-refractivity contribution in [3.8, 4) is 6.07 Å². The Hall–Kier alpha value is -1.63. The lowest BCUT2D eigenvalue weighted by molar-refractivity contribution is -0.143. The molecule has 58 valence electrons. The van der Waals surface area contributed by atoms with E-state index >= 15 is 0 Å². The number of ketones is 1. The molecule has 0 N–H and O–H groups in total. The maximum absolute atomic E-state index is 10.6. The predicted molar refractivity (Wildman–Crippen MR) is 36.4 cm³/mol. The summed E-state index contributed by atoms with van der Waals surface area (Å²) in [5.41, 5.74) is -0.300. The van der Waals surface area contributed by atoms with Crippen molar-refractivity contribution in [1.29, 1.82) is 5.26 Å². The van der Waals surface area contributed by atoms with Gasteiger partial charge in [-0.3, -0.25) is 4.79 Å². The number of nitriles is 1. The fraction of sp³-hybridized carbons (Fsp3) is 0.286. The van der Waals surface area contributed by atoms with E-state index in [9.17, 15) is 9.59 Å². The number of Topliss-reactive ketones (excluding diaryl/α,β-unsaturated/α-hetero) is 1. The van der Waals surface area contributed by atoms with Crippen molar-refractivity contribution in [2.45, 2.75) is 6.92 Å². The zero-order valence-corrected chi connectivity index (χ0v) is 6.09. The molecule has 0 radical (unpaired) electrons. The Kier molecular flexibility index (Phi) is 3.60. The largest absolute Gasteiger partial charge is 0.454 e. The lowest BCUT2D eigenvalue weighted by Crippen LogP contribution is -2.11. The SMILES string of the molecule is C=C(C#N)C(=O)OCC(C)=O. The van der Waals surface area contributed by atoms with Gasteiger partial charge in [0.15, 0.2) is 5.78 Å². The van der Waals surface area contributed by atoms with Gasteiger partial charge in [-0.15, -0.1) is 0 Å². The second kappa shape index (κ2) is 4.23. The number of ether oxygens (including phenoxy) is 1. The molecule has 0 heterocycles. The van der Waals surface area contributed by atoms with Crippen LogP contribution in [0.1, 0.15) is 6.92 Å². The molecule has 0 spiro atoms. The van der Waals surface area contributed by atoms with Gasteiger partial charge in [0.05, 0.1) is 0 Å². The van der Waals surface area contributed by atoms with Gasteiger partial charge in [-0.25, -0.2) is 4.79 Å². The summed E-state index contributed by atoms with van der Waals surface area (Å²) < 4.78 is 4.35. The number of hydrogen-bond acceptors (Lipinski definition) is 4. The Morgan fingerprint density at radius 1 is 1.64 bits per heavy atom. The highest BCUT2D eigenvalue weighted by molar-refractivity contribution is 5.93. The van der Waals surface area contributed by atoms with Gasteiger partial charge < -0.3 is 4.74 Å². The second-order valence-corrected chi connectivity index (χ2v) is 1.87. The molecule has 0 aliphatic carbocycles. The fourth-order valence-electron chi connectivity index (χ4n) is 0.300. The van der Waals surface area contributed by atoms with Crippen molar-refractivity contribution in [2.24, 2.45) is 0 Å². The van der Waals surface area contributed by atoms with Gasteiger partial charge in [-0.2, -0.15) is 5.26 Å². The van der Waals surface area contributed by atoms with Crippen molar-refractivity contribution >= 4 is 11.8 Å². The van der Waals surface area contributed by atoms with Crippen LogP contribution in [-0.2, 0) is 14.3 Å². The third kappa shape index (κ3) is 3.87. The zero-order chi connectivity index (χ0) is 8.85. The normalized spacial score (nSPS) is 8.00. The van der Waals surface area contributed by atoms with E-state index in [-0.39, 0.29) is 18.0 Å². The van der Waals surface area contributed by atoms with Gasteiger partial charge >= 0.3 is 5.97 Å². The lowest BCUT2D eigenvalue weighted by atomic mass is 10.3. The van der Waals surface area contributed by atoms with Gasteiger partial charge in [-0.05, 0) is 6.92 Å². The standard InChI is InChI=1S/C7H7NO3/c1-5(3-8)7(10)11-4-6(2)9/h1,4H2,2H3. The third-order valence-corrected chi connectivity index (χ3v) is 0.788. The van der Waals surface area contributed by atoms with Crippen molar-refractivity contribution in [1.82, 2.24) is 0 Å². The summed E-state index contributed by atoms with van der Waals surface area (Å²) in [6, 6.07) is 1.51. The van der Waals surface area contributed by atoms with Crippen molar-refractivity contribution in [3.05, 3.63) is 12.2 Å². The Balaban J connectivity index is 3.82. The molecule has 0 fully saturated rings. The number of rotatable bonds is 3. The topological polar surface area (TPSA) is 67.2 Å². The molecule has 0 rings (SSSR count). The van der Waals surface area contributed by atoms with Crippen LogP contribution in [0, 0.1) is 11.3 Å². The number of esters is 1. The molecular formula is C7H7NO3. The van der Waals surface area contributed by atoms with Gasteiger partial charge in [0.1, 0.15) is 18.2 Å². The molecule has 0 unspecified atom stereocenters. The smallest absolute Gasteiger partial charge is 0.348 e. The van der Waals surface area contributed by atoms with Crippen LogP contribution < -0.4 is 0 Å². The summed E-state index contributed by atoms with van der Waals surface area (Å²) >= 11 is 0. The molecule has 0 aliphatic heterocycles. The van der Waals surface area contributed by atoms with Crippen LogP contribution >= 0.6 is 0 Å². The minimum atomic E-state index is -0.845. The highest BCUT2D eigenvalue weighted by Gasteiger charge is 2.07. The minimum absolute atomic E-state index is 0.274. The molecule has 0 amide bonds. The van der Waals surface area contributed by atoms with Crippen molar-refractivity contribution in [3.63, 3.8) is 0 Å². The Labute approximate surface area is 64.1 Å². The van der Waals surface area contributed by atoms with Crippen molar-refractivity contribution in [2.75, 3.05) is 6.61 Å². The number of carbonyl (C=O) groups excluding carboxylic acids is 2.